The molecule has 1 heterocycles. The van der Waals surface area contributed by atoms with Gasteiger partial charge in [-0.1, -0.05) is 10.5 Å². The molecule has 1 fully saturated rings. The molecule has 1 saturated heterocycles. The van der Waals surface area contributed by atoms with Gasteiger partial charge in [-0.15, -0.1) is 0 Å². The Balaban J connectivity index is 1.63. The first kappa shape index (κ1) is 24.1. The van der Waals surface area contributed by atoms with Crippen molar-refractivity contribution in [2.24, 2.45) is 0 Å². The van der Waals surface area contributed by atoms with Gasteiger partial charge in [-0.3, -0.25) is 9.63 Å². The molecule has 1 aliphatic heterocycles. The molecule has 0 radical (unpaired) electrons. The van der Waals surface area contributed by atoms with Crippen LogP contribution in [0.15, 0.2) is 47.4 Å². The standard InChI is InChI=1S/C22H28FN3O5S/c1-15-13-26(14-16(2)31-15)21-10-5-17(11-20(21)23)12-24-22(27)18-6-8-19(9-7-18)32(28,29)25(3)30-4/h5-11,15-16H,12-14H2,1-4H3,(H,24,27). The number of carbonyl (C=O) groups is 1. The minimum Gasteiger partial charge on any atom is -0.372 e. The molecular formula is C22H28FN3O5S. The van der Waals surface area contributed by atoms with Crippen molar-refractivity contribution in [2.45, 2.75) is 37.5 Å². The molecule has 2 unspecified atom stereocenters. The highest BCUT2D eigenvalue weighted by Crippen LogP contribution is 2.24. The molecule has 0 aromatic heterocycles. The summed E-state index contributed by atoms with van der Waals surface area (Å²) in [5, 5.41) is 2.72. The first-order valence-electron chi connectivity index (χ1n) is 10.2. The number of morpholine rings is 1. The van der Waals surface area contributed by atoms with Gasteiger partial charge in [0.15, 0.2) is 0 Å². The first-order chi connectivity index (χ1) is 15.1. The second-order valence-corrected chi connectivity index (χ2v) is 9.69. The van der Waals surface area contributed by atoms with E-state index in [0.717, 1.165) is 4.47 Å². The Morgan fingerprint density at radius 2 is 1.81 bits per heavy atom. The number of hydroxylamine groups is 1. The van der Waals surface area contributed by atoms with Crippen LogP contribution in [0.4, 0.5) is 10.1 Å². The molecule has 10 heteroatoms. The maximum atomic E-state index is 14.7. The van der Waals surface area contributed by atoms with Crippen LogP contribution in [0.2, 0.25) is 0 Å². The van der Waals surface area contributed by atoms with Crippen molar-refractivity contribution >= 4 is 21.6 Å². The summed E-state index contributed by atoms with van der Waals surface area (Å²) >= 11 is 0. The molecule has 0 spiro atoms. The highest BCUT2D eigenvalue weighted by atomic mass is 32.2. The Morgan fingerprint density at radius 3 is 2.38 bits per heavy atom. The Labute approximate surface area is 187 Å². The SMILES string of the molecule is CON(C)S(=O)(=O)c1ccc(C(=O)NCc2ccc(N3CC(C)OC(C)C3)c(F)c2)cc1. The van der Waals surface area contributed by atoms with Crippen molar-refractivity contribution < 1.29 is 27.2 Å². The maximum Gasteiger partial charge on any atom is 0.264 e. The Hall–Kier alpha value is -2.53. The van der Waals surface area contributed by atoms with Crippen molar-refractivity contribution in [2.75, 3.05) is 32.1 Å². The molecular weight excluding hydrogens is 437 g/mol. The third-order valence-corrected chi connectivity index (χ3v) is 6.93. The van der Waals surface area contributed by atoms with Gasteiger partial charge < -0.3 is 15.0 Å². The van der Waals surface area contributed by atoms with Gasteiger partial charge in [0.25, 0.3) is 15.9 Å². The van der Waals surface area contributed by atoms with E-state index < -0.39 is 15.9 Å². The molecule has 1 N–H and O–H groups in total. The summed E-state index contributed by atoms with van der Waals surface area (Å²) in [5.74, 6) is -0.746. The van der Waals surface area contributed by atoms with Crippen molar-refractivity contribution in [1.29, 1.82) is 0 Å². The molecule has 8 nitrogen and oxygen atoms in total. The topological polar surface area (TPSA) is 88.2 Å². The van der Waals surface area contributed by atoms with Crippen LogP contribution in [-0.2, 0) is 26.1 Å². The van der Waals surface area contributed by atoms with E-state index in [0.29, 0.717) is 24.3 Å². The summed E-state index contributed by atoms with van der Waals surface area (Å²) in [6, 6.07) is 10.4. The molecule has 3 rings (SSSR count). The number of nitrogens with one attached hydrogen (secondary N) is 1. The summed E-state index contributed by atoms with van der Waals surface area (Å²) in [6.07, 6.45) is 0.0433. The second-order valence-electron chi connectivity index (χ2n) is 7.75. The molecule has 0 saturated carbocycles. The van der Waals surface area contributed by atoms with E-state index in [4.69, 9.17) is 9.57 Å². The number of amides is 1. The zero-order valence-corrected chi connectivity index (χ0v) is 19.4. The van der Waals surface area contributed by atoms with Gasteiger partial charge in [0.05, 0.1) is 29.9 Å². The van der Waals surface area contributed by atoms with Crippen LogP contribution in [0, 0.1) is 5.82 Å². The van der Waals surface area contributed by atoms with Crippen molar-refractivity contribution in [3.63, 3.8) is 0 Å². The van der Waals surface area contributed by atoms with E-state index >= 15 is 0 Å². The van der Waals surface area contributed by atoms with Gasteiger partial charge in [0.1, 0.15) is 5.82 Å². The van der Waals surface area contributed by atoms with Gasteiger partial charge in [0, 0.05) is 32.2 Å². The zero-order valence-electron chi connectivity index (χ0n) is 18.5. The van der Waals surface area contributed by atoms with Gasteiger partial charge in [-0.25, -0.2) is 12.8 Å². The Bertz CT molecular complexity index is 1050. The third kappa shape index (κ3) is 5.44. The summed E-state index contributed by atoms with van der Waals surface area (Å²) in [6.45, 7) is 5.29. The van der Waals surface area contributed by atoms with Crippen LogP contribution in [0.5, 0.6) is 0 Å². The number of halogens is 1. The summed E-state index contributed by atoms with van der Waals surface area (Å²) in [7, 11) is -1.26. The van der Waals surface area contributed by atoms with Crippen molar-refractivity contribution in [3.05, 3.63) is 59.4 Å². The lowest BCUT2D eigenvalue weighted by Crippen LogP contribution is -2.45. The fraction of sp³-hybridized carbons (Fsp3) is 0.409. The predicted molar refractivity (Wildman–Crippen MR) is 118 cm³/mol. The highest BCUT2D eigenvalue weighted by molar-refractivity contribution is 7.89. The van der Waals surface area contributed by atoms with Crippen LogP contribution in [0.3, 0.4) is 0 Å². The second kappa shape index (κ2) is 9.95. The fourth-order valence-electron chi connectivity index (χ4n) is 3.60. The third-order valence-electron chi connectivity index (χ3n) is 5.24. The van der Waals surface area contributed by atoms with Crippen molar-refractivity contribution in [3.8, 4) is 0 Å². The van der Waals surface area contributed by atoms with E-state index in [9.17, 15) is 17.6 Å². The quantitative estimate of drug-likeness (QED) is 0.633. The number of benzene rings is 2. The summed E-state index contributed by atoms with van der Waals surface area (Å²) in [5.41, 5.74) is 1.42. The lowest BCUT2D eigenvalue weighted by molar-refractivity contribution is -0.0258. The van der Waals surface area contributed by atoms with Crippen LogP contribution < -0.4 is 10.2 Å². The van der Waals surface area contributed by atoms with Crippen LogP contribution in [-0.4, -0.2) is 58.2 Å². The van der Waals surface area contributed by atoms with E-state index in [1.165, 1.54) is 44.5 Å². The smallest absolute Gasteiger partial charge is 0.264 e. The molecule has 2 aromatic rings. The minimum absolute atomic E-state index is 0.00260. The van der Waals surface area contributed by atoms with E-state index in [1.54, 1.807) is 12.1 Å². The first-order valence-corrected chi connectivity index (χ1v) is 11.7. The highest BCUT2D eigenvalue weighted by Gasteiger charge is 2.24. The zero-order chi connectivity index (χ0) is 23.5. The lowest BCUT2D eigenvalue weighted by Gasteiger charge is -2.37. The van der Waals surface area contributed by atoms with Crippen LogP contribution in [0.1, 0.15) is 29.8 Å². The number of anilines is 1. The number of nitrogens with zero attached hydrogens (tertiary/aromatic N) is 2. The maximum absolute atomic E-state index is 14.7. The summed E-state index contributed by atoms with van der Waals surface area (Å²) in [4.78, 5) is 19.1. The molecule has 2 aromatic carbocycles. The molecule has 32 heavy (non-hydrogen) atoms. The average molecular weight is 466 g/mol. The fourth-order valence-corrected chi connectivity index (χ4v) is 4.57. The normalized spacial score (nSPS) is 19.2. The number of carbonyl (C=O) groups excluding carboxylic acids is 1. The average Bonchev–Trinajstić information content (AvgIpc) is 2.76. The predicted octanol–water partition coefficient (Wildman–Crippen LogP) is 2.55. The van der Waals surface area contributed by atoms with Gasteiger partial charge >= 0.3 is 0 Å². The largest absolute Gasteiger partial charge is 0.372 e. The molecule has 2 atom stereocenters. The van der Waals surface area contributed by atoms with E-state index in [1.807, 2.05) is 18.7 Å². The molecule has 1 amide bonds. The number of ether oxygens (including phenoxy) is 1. The summed E-state index contributed by atoms with van der Waals surface area (Å²) < 4.78 is 45.6. The number of rotatable bonds is 7. The molecule has 0 aliphatic carbocycles. The monoisotopic (exact) mass is 465 g/mol. The van der Waals surface area contributed by atoms with Gasteiger partial charge in [-0.2, -0.15) is 0 Å². The van der Waals surface area contributed by atoms with E-state index in [2.05, 4.69) is 5.32 Å². The number of hydrogen-bond acceptors (Lipinski definition) is 6. The van der Waals surface area contributed by atoms with Gasteiger partial charge in [0.2, 0.25) is 0 Å². The number of hydrogen-bond donors (Lipinski definition) is 1. The minimum atomic E-state index is -3.79. The van der Waals surface area contributed by atoms with Crippen molar-refractivity contribution in [1.82, 2.24) is 9.79 Å². The van der Waals surface area contributed by atoms with E-state index in [-0.39, 0.29) is 35.0 Å². The Morgan fingerprint density at radius 1 is 1.19 bits per heavy atom. The molecule has 1 aliphatic rings. The Kier molecular flexibility index (Phi) is 7.50. The lowest BCUT2D eigenvalue weighted by atomic mass is 10.1. The van der Waals surface area contributed by atoms with Crippen LogP contribution >= 0.6 is 0 Å². The molecule has 174 valence electrons. The van der Waals surface area contributed by atoms with Gasteiger partial charge in [-0.05, 0) is 55.8 Å². The van der Waals surface area contributed by atoms with Crippen LogP contribution in [0.25, 0.3) is 0 Å². The molecule has 0 bridgehead atoms. The number of sulfonamides is 1.